The van der Waals surface area contributed by atoms with Gasteiger partial charge >= 0.3 is 6.03 Å². The first-order chi connectivity index (χ1) is 12.5. The lowest BCUT2D eigenvalue weighted by Crippen LogP contribution is -2.34. The van der Waals surface area contributed by atoms with Crippen LogP contribution < -0.4 is 10.6 Å². The van der Waals surface area contributed by atoms with Crippen LogP contribution in [-0.4, -0.2) is 36.8 Å². The molecule has 2 amide bonds. The van der Waals surface area contributed by atoms with Crippen molar-refractivity contribution in [3.8, 4) is 0 Å². The average Bonchev–Trinajstić information content (AvgIpc) is 2.66. The second kappa shape index (κ2) is 9.30. The summed E-state index contributed by atoms with van der Waals surface area (Å²) in [5.41, 5.74) is 1.73. The average molecular weight is 376 g/mol. The monoisotopic (exact) mass is 376 g/mol. The van der Waals surface area contributed by atoms with Gasteiger partial charge in [-0.2, -0.15) is 4.31 Å². The second-order valence-corrected chi connectivity index (χ2v) is 7.57. The van der Waals surface area contributed by atoms with Crippen LogP contribution in [0.15, 0.2) is 53.7 Å². The van der Waals surface area contributed by atoms with E-state index >= 15 is 0 Å². The second-order valence-electron chi connectivity index (χ2n) is 5.63. The number of carbonyl (C=O) groups is 1. The molecule has 2 rings (SSSR count). The van der Waals surface area contributed by atoms with Gasteiger partial charge in [-0.1, -0.05) is 32.0 Å². The lowest BCUT2D eigenvalue weighted by atomic mass is 10.2. The summed E-state index contributed by atoms with van der Waals surface area (Å²) >= 11 is 0. The summed E-state index contributed by atoms with van der Waals surface area (Å²) in [6.07, 6.45) is 3.36. The number of benzene rings is 1. The molecule has 7 nitrogen and oxygen atoms in total. The first-order valence-electron chi connectivity index (χ1n) is 8.47. The molecule has 1 aromatic heterocycles. The third-order valence-corrected chi connectivity index (χ3v) is 5.96. The van der Waals surface area contributed by atoms with Crippen molar-refractivity contribution in [1.29, 1.82) is 0 Å². The molecule has 1 aromatic carbocycles. The van der Waals surface area contributed by atoms with Crippen molar-refractivity contribution < 1.29 is 13.2 Å². The number of hydrogen-bond donors (Lipinski definition) is 2. The van der Waals surface area contributed by atoms with Gasteiger partial charge in [-0.25, -0.2) is 13.2 Å². The van der Waals surface area contributed by atoms with Gasteiger partial charge in [-0.3, -0.25) is 4.98 Å². The number of aromatic nitrogens is 1. The van der Waals surface area contributed by atoms with Crippen LogP contribution in [0.25, 0.3) is 0 Å². The maximum absolute atomic E-state index is 12.4. The van der Waals surface area contributed by atoms with E-state index in [0.29, 0.717) is 26.2 Å². The van der Waals surface area contributed by atoms with Crippen LogP contribution in [0.4, 0.5) is 4.79 Å². The van der Waals surface area contributed by atoms with E-state index in [2.05, 4.69) is 15.6 Å². The van der Waals surface area contributed by atoms with Gasteiger partial charge in [0.05, 0.1) is 4.90 Å². The van der Waals surface area contributed by atoms with Gasteiger partial charge in [0, 0.05) is 38.6 Å². The summed E-state index contributed by atoms with van der Waals surface area (Å²) in [4.78, 5) is 16.1. The van der Waals surface area contributed by atoms with Crippen LogP contribution in [0.2, 0.25) is 0 Å². The van der Waals surface area contributed by atoms with Gasteiger partial charge in [0.2, 0.25) is 10.0 Å². The summed E-state index contributed by atoms with van der Waals surface area (Å²) in [5.74, 6) is 0. The number of hydrogen-bond acceptors (Lipinski definition) is 4. The molecule has 0 saturated carbocycles. The Bertz CT molecular complexity index is 804. The summed E-state index contributed by atoms with van der Waals surface area (Å²) in [5, 5.41) is 5.48. The first kappa shape index (κ1) is 19.9. The van der Waals surface area contributed by atoms with Crippen LogP contribution in [0.3, 0.4) is 0 Å². The van der Waals surface area contributed by atoms with Crippen molar-refractivity contribution >= 4 is 16.1 Å². The Morgan fingerprint density at radius 2 is 1.62 bits per heavy atom. The number of sulfonamides is 1. The van der Waals surface area contributed by atoms with Crippen molar-refractivity contribution in [2.24, 2.45) is 0 Å². The molecule has 0 spiro atoms. The Hall–Kier alpha value is -2.45. The number of carbonyl (C=O) groups excluding carboxylic acids is 1. The Morgan fingerprint density at radius 3 is 2.15 bits per heavy atom. The molecule has 0 radical (unpaired) electrons. The highest BCUT2D eigenvalue weighted by Gasteiger charge is 2.21. The molecule has 1 heterocycles. The van der Waals surface area contributed by atoms with E-state index < -0.39 is 10.0 Å². The van der Waals surface area contributed by atoms with E-state index in [1.165, 1.54) is 4.31 Å². The zero-order valence-electron chi connectivity index (χ0n) is 15.0. The van der Waals surface area contributed by atoms with Crippen LogP contribution in [0, 0.1) is 0 Å². The molecular weight excluding hydrogens is 352 g/mol. The molecule has 0 atom stereocenters. The molecule has 0 saturated heterocycles. The smallest absolute Gasteiger partial charge is 0.315 e. The fraction of sp³-hybridized carbons (Fsp3) is 0.333. The maximum atomic E-state index is 12.4. The number of pyridine rings is 1. The van der Waals surface area contributed by atoms with Crippen LogP contribution in [0.1, 0.15) is 25.0 Å². The zero-order valence-corrected chi connectivity index (χ0v) is 15.8. The Labute approximate surface area is 154 Å². The number of rotatable bonds is 8. The van der Waals surface area contributed by atoms with Gasteiger partial charge in [0.1, 0.15) is 0 Å². The predicted molar refractivity (Wildman–Crippen MR) is 99.9 cm³/mol. The Balaban J connectivity index is 1.88. The van der Waals surface area contributed by atoms with E-state index in [9.17, 15) is 13.2 Å². The highest BCUT2D eigenvalue weighted by Crippen LogP contribution is 2.16. The number of amides is 2. The topological polar surface area (TPSA) is 91.4 Å². The fourth-order valence-electron chi connectivity index (χ4n) is 2.42. The quantitative estimate of drug-likeness (QED) is 0.738. The SMILES string of the molecule is CCN(CC)S(=O)(=O)c1ccc(CNC(=O)NCc2cccnc2)cc1. The molecule has 0 bridgehead atoms. The summed E-state index contributed by atoms with van der Waals surface area (Å²) in [7, 11) is -3.46. The molecule has 26 heavy (non-hydrogen) atoms. The van der Waals surface area contributed by atoms with E-state index in [0.717, 1.165) is 11.1 Å². The number of nitrogens with one attached hydrogen (secondary N) is 2. The van der Waals surface area contributed by atoms with Gasteiger partial charge < -0.3 is 10.6 Å². The van der Waals surface area contributed by atoms with Gasteiger partial charge in [-0.15, -0.1) is 0 Å². The fourth-order valence-corrected chi connectivity index (χ4v) is 3.88. The molecule has 0 aliphatic rings. The van der Waals surface area contributed by atoms with Crippen LogP contribution in [0.5, 0.6) is 0 Å². The molecule has 0 unspecified atom stereocenters. The Morgan fingerprint density at radius 1 is 1.00 bits per heavy atom. The van der Waals surface area contributed by atoms with Crippen molar-refractivity contribution in [2.45, 2.75) is 31.8 Å². The minimum Gasteiger partial charge on any atom is -0.334 e. The molecule has 0 aliphatic carbocycles. The zero-order chi connectivity index (χ0) is 19.0. The standard InChI is InChI=1S/C18H24N4O3S/c1-3-22(4-2)26(24,25)17-9-7-15(8-10-17)13-20-18(23)21-14-16-6-5-11-19-12-16/h5-12H,3-4,13-14H2,1-2H3,(H2,20,21,23). The molecular formula is C18H24N4O3S. The predicted octanol–water partition coefficient (Wildman–Crippen LogP) is 2.11. The lowest BCUT2D eigenvalue weighted by Gasteiger charge is -2.18. The molecule has 0 aliphatic heterocycles. The summed E-state index contributed by atoms with van der Waals surface area (Å²) in [6.45, 7) is 5.18. The maximum Gasteiger partial charge on any atom is 0.315 e. The van der Waals surface area contributed by atoms with Gasteiger partial charge in [0.25, 0.3) is 0 Å². The summed E-state index contributed by atoms with van der Waals surface area (Å²) in [6, 6.07) is 9.94. The third kappa shape index (κ3) is 5.27. The molecule has 2 aromatic rings. The van der Waals surface area contributed by atoms with Crippen molar-refractivity contribution in [3.05, 3.63) is 59.9 Å². The van der Waals surface area contributed by atoms with Crippen molar-refractivity contribution in [3.63, 3.8) is 0 Å². The lowest BCUT2D eigenvalue weighted by molar-refractivity contribution is 0.240. The van der Waals surface area contributed by atoms with Gasteiger partial charge in [0.15, 0.2) is 0 Å². The molecule has 2 N–H and O–H groups in total. The van der Waals surface area contributed by atoms with E-state index in [4.69, 9.17) is 0 Å². The summed E-state index contributed by atoms with van der Waals surface area (Å²) < 4.78 is 26.3. The van der Waals surface area contributed by atoms with E-state index in [1.807, 2.05) is 26.0 Å². The minimum atomic E-state index is -3.46. The molecule has 140 valence electrons. The highest BCUT2D eigenvalue weighted by atomic mass is 32.2. The van der Waals surface area contributed by atoms with Crippen LogP contribution >= 0.6 is 0 Å². The number of urea groups is 1. The van der Waals surface area contributed by atoms with E-state index in [-0.39, 0.29) is 10.9 Å². The first-order valence-corrected chi connectivity index (χ1v) is 9.91. The van der Waals surface area contributed by atoms with Crippen molar-refractivity contribution in [1.82, 2.24) is 19.9 Å². The van der Waals surface area contributed by atoms with Crippen LogP contribution in [-0.2, 0) is 23.1 Å². The van der Waals surface area contributed by atoms with Crippen molar-refractivity contribution in [2.75, 3.05) is 13.1 Å². The number of nitrogens with zero attached hydrogens (tertiary/aromatic N) is 2. The minimum absolute atomic E-state index is 0.256. The Kier molecular flexibility index (Phi) is 7.11. The van der Waals surface area contributed by atoms with Gasteiger partial charge in [-0.05, 0) is 29.3 Å². The van der Waals surface area contributed by atoms with E-state index in [1.54, 1.807) is 36.7 Å². The highest BCUT2D eigenvalue weighted by molar-refractivity contribution is 7.89. The molecule has 0 fully saturated rings. The largest absolute Gasteiger partial charge is 0.334 e. The third-order valence-electron chi connectivity index (χ3n) is 3.90. The molecule has 8 heteroatoms. The normalized spacial score (nSPS) is 11.3.